The van der Waals surface area contributed by atoms with Gasteiger partial charge in [-0.2, -0.15) is 0 Å². The lowest BCUT2D eigenvalue weighted by molar-refractivity contribution is -0.151. The lowest BCUT2D eigenvalue weighted by Crippen LogP contribution is -2.29. The van der Waals surface area contributed by atoms with E-state index in [2.05, 4.69) is 18.7 Å². The number of aliphatic hydroxyl groups is 1. The second-order valence-electron chi connectivity index (χ2n) is 12.9. The number of ether oxygens (including phenoxy) is 2. The summed E-state index contributed by atoms with van der Waals surface area (Å²) in [5.74, 6) is 0.787. The Balaban J connectivity index is 1.96. The van der Waals surface area contributed by atoms with Gasteiger partial charge in [0, 0.05) is 19.4 Å². The number of hydrogen-bond donors (Lipinski definition) is 1. The summed E-state index contributed by atoms with van der Waals surface area (Å²) in [4.78, 5) is 26.6. The van der Waals surface area contributed by atoms with Gasteiger partial charge in [-0.3, -0.25) is 9.59 Å². The molecule has 0 unspecified atom stereocenters. The van der Waals surface area contributed by atoms with Crippen LogP contribution in [0.5, 0.6) is 0 Å². The van der Waals surface area contributed by atoms with Gasteiger partial charge in [0.05, 0.1) is 13.2 Å². The molecule has 0 bridgehead atoms. The van der Waals surface area contributed by atoms with Crippen molar-refractivity contribution in [3.05, 3.63) is 0 Å². The van der Waals surface area contributed by atoms with Gasteiger partial charge in [-0.25, -0.2) is 0 Å². The van der Waals surface area contributed by atoms with Crippen LogP contribution in [0.15, 0.2) is 0 Å². The van der Waals surface area contributed by atoms with Crippen LogP contribution in [-0.2, 0) is 19.1 Å². The van der Waals surface area contributed by atoms with Crippen LogP contribution in [0.3, 0.4) is 0 Å². The van der Waals surface area contributed by atoms with Crippen molar-refractivity contribution < 1.29 is 24.2 Å². The topological polar surface area (TPSA) is 76.1 Å². The zero-order chi connectivity index (χ0) is 30.5. The number of rotatable bonds is 29. The largest absolute Gasteiger partial charge is 0.466 e. The third kappa shape index (κ3) is 23.3. The maximum absolute atomic E-state index is 12.3. The first kappa shape index (κ1) is 38.9. The number of carbonyl (C=O) groups excluding carboxylic acids is 2. The van der Waals surface area contributed by atoms with E-state index in [0.717, 1.165) is 89.6 Å². The molecule has 0 amide bonds. The first-order valence-electron chi connectivity index (χ1n) is 18.3. The third-order valence-corrected chi connectivity index (χ3v) is 8.95. The summed E-state index contributed by atoms with van der Waals surface area (Å²) in [7, 11) is 0. The van der Waals surface area contributed by atoms with Crippen molar-refractivity contribution in [2.75, 3.05) is 32.8 Å². The molecule has 1 rings (SSSR count). The lowest BCUT2D eigenvalue weighted by atomic mass is 9.84. The summed E-state index contributed by atoms with van der Waals surface area (Å²) in [6, 6.07) is 0. The van der Waals surface area contributed by atoms with Crippen molar-refractivity contribution in [3.8, 4) is 0 Å². The molecule has 0 atom stereocenters. The summed E-state index contributed by atoms with van der Waals surface area (Å²) in [5, 5.41) is 9.45. The summed E-state index contributed by atoms with van der Waals surface area (Å²) in [5.41, 5.74) is 0. The van der Waals surface area contributed by atoms with Gasteiger partial charge in [-0.15, -0.1) is 0 Å². The van der Waals surface area contributed by atoms with Crippen LogP contribution in [0, 0.1) is 5.92 Å². The van der Waals surface area contributed by atoms with Crippen LogP contribution in [0.25, 0.3) is 0 Å². The normalized spacial score (nSPS) is 17.0. The van der Waals surface area contributed by atoms with E-state index in [1.165, 1.54) is 77.0 Å². The highest BCUT2D eigenvalue weighted by atomic mass is 16.5. The van der Waals surface area contributed by atoms with Crippen molar-refractivity contribution in [1.82, 2.24) is 4.90 Å². The van der Waals surface area contributed by atoms with E-state index in [1.54, 1.807) is 0 Å². The van der Waals surface area contributed by atoms with Crippen molar-refractivity contribution in [3.63, 3.8) is 0 Å². The molecular formula is C36H69NO5. The first-order chi connectivity index (χ1) is 20.6. The van der Waals surface area contributed by atoms with E-state index in [0.29, 0.717) is 26.0 Å². The van der Waals surface area contributed by atoms with E-state index in [9.17, 15) is 14.7 Å². The molecule has 1 aliphatic rings. The summed E-state index contributed by atoms with van der Waals surface area (Å²) >= 11 is 0. The van der Waals surface area contributed by atoms with Crippen molar-refractivity contribution in [2.24, 2.45) is 5.92 Å². The molecule has 42 heavy (non-hydrogen) atoms. The Morgan fingerprint density at radius 3 is 1.79 bits per heavy atom. The highest BCUT2D eigenvalue weighted by Crippen LogP contribution is 2.30. The number of nitrogens with zero attached hydrogens (tertiary/aromatic N) is 1. The first-order valence-corrected chi connectivity index (χ1v) is 18.3. The molecule has 6 nitrogen and oxygen atoms in total. The van der Waals surface area contributed by atoms with Crippen LogP contribution in [0.1, 0.15) is 174 Å². The summed E-state index contributed by atoms with van der Waals surface area (Å²) < 4.78 is 11.1. The Morgan fingerprint density at radius 2 is 1.14 bits per heavy atom. The van der Waals surface area contributed by atoms with Crippen LogP contribution >= 0.6 is 0 Å². The maximum atomic E-state index is 12.3. The van der Waals surface area contributed by atoms with Crippen molar-refractivity contribution in [1.29, 1.82) is 0 Å². The van der Waals surface area contributed by atoms with E-state index < -0.39 is 0 Å². The van der Waals surface area contributed by atoms with Crippen LogP contribution in [0.2, 0.25) is 0 Å². The molecule has 1 N–H and O–H groups in total. The molecule has 1 aliphatic carbocycles. The monoisotopic (exact) mass is 596 g/mol. The van der Waals surface area contributed by atoms with Gasteiger partial charge in [0.25, 0.3) is 0 Å². The second kappa shape index (κ2) is 28.6. The standard InChI is InChI=1S/C36H69NO5/c1-3-5-7-8-9-13-20-32-41-35(39)22-16-11-10-12-18-28-37(30-31-38)29-19-14-17-23-36(40)42-34-26-24-33(25-27-34)21-15-6-4-2/h33-34,38H,3-32H2,1-2H3. The van der Waals surface area contributed by atoms with Gasteiger partial charge < -0.3 is 19.5 Å². The van der Waals surface area contributed by atoms with Crippen LogP contribution < -0.4 is 0 Å². The zero-order valence-electron chi connectivity index (χ0n) is 27.9. The van der Waals surface area contributed by atoms with E-state index in [4.69, 9.17) is 9.47 Å². The van der Waals surface area contributed by atoms with Gasteiger partial charge >= 0.3 is 11.9 Å². The smallest absolute Gasteiger partial charge is 0.306 e. The van der Waals surface area contributed by atoms with Gasteiger partial charge in [-0.1, -0.05) is 104 Å². The lowest BCUT2D eigenvalue weighted by Gasteiger charge is -2.28. The number of carbonyl (C=O) groups is 2. The Kier molecular flexibility index (Phi) is 26.5. The Hall–Kier alpha value is -1.14. The molecule has 0 radical (unpaired) electrons. The molecule has 0 aromatic heterocycles. The summed E-state index contributed by atoms with van der Waals surface area (Å²) in [6.45, 7) is 7.96. The molecule has 6 heteroatoms. The number of aliphatic hydroxyl groups excluding tert-OH is 1. The second-order valence-corrected chi connectivity index (χ2v) is 12.9. The quantitative estimate of drug-likeness (QED) is 0.0686. The summed E-state index contributed by atoms with van der Waals surface area (Å²) in [6.07, 6.45) is 28.1. The average Bonchev–Trinajstić information content (AvgIpc) is 2.98. The fraction of sp³-hybridized carbons (Fsp3) is 0.944. The van der Waals surface area contributed by atoms with Crippen LogP contribution in [-0.4, -0.2) is 60.9 Å². The third-order valence-electron chi connectivity index (χ3n) is 8.95. The van der Waals surface area contributed by atoms with Crippen molar-refractivity contribution in [2.45, 2.75) is 180 Å². The Labute approximate surface area is 260 Å². The van der Waals surface area contributed by atoms with Gasteiger partial charge in [-0.05, 0) is 76.8 Å². The fourth-order valence-electron chi connectivity index (χ4n) is 6.18. The van der Waals surface area contributed by atoms with Gasteiger partial charge in [0.2, 0.25) is 0 Å². The van der Waals surface area contributed by atoms with Gasteiger partial charge in [0.15, 0.2) is 0 Å². The fourth-order valence-corrected chi connectivity index (χ4v) is 6.18. The maximum Gasteiger partial charge on any atom is 0.306 e. The minimum atomic E-state index is -0.0383. The predicted molar refractivity (Wildman–Crippen MR) is 175 cm³/mol. The molecule has 0 spiro atoms. The van der Waals surface area contributed by atoms with E-state index in [-0.39, 0.29) is 24.6 Å². The molecule has 248 valence electrons. The minimum Gasteiger partial charge on any atom is -0.466 e. The SMILES string of the molecule is CCCCCCCCCOC(=O)CCCCCCCN(CCO)CCCCCC(=O)OC1CCC(CCCCC)CC1. The molecule has 0 aliphatic heterocycles. The predicted octanol–water partition coefficient (Wildman–Crippen LogP) is 9.16. The zero-order valence-corrected chi connectivity index (χ0v) is 27.9. The highest BCUT2D eigenvalue weighted by molar-refractivity contribution is 5.69. The molecule has 0 heterocycles. The van der Waals surface area contributed by atoms with Gasteiger partial charge in [0.1, 0.15) is 6.10 Å². The minimum absolute atomic E-state index is 0.0157. The molecule has 0 aromatic carbocycles. The average molecular weight is 596 g/mol. The number of esters is 2. The van der Waals surface area contributed by atoms with Crippen molar-refractivity contribution >= 4 is 11.9 Å². The Bertz CT molecular complexity index is 620. The molecule has 0 saturated heterocycles. The number of unbranched alkanes of at least 4 members (excludes halogenated alkanes) is 14. The number of hydrogen-bond acceptors (Lipinski definition) is 6. The van der Waals surface area contributed by atoms with E-state index >= 15 is 0 Å². The molecule has 1 saturated carbocycles. The van der Waals surface area contributed by atoms with E-state index in [1.807, 2.05) is 0 Å². The Morgan fingerprint density at radius 1 is 0.619 bits per heavy atom. The molecule has 1 fully saturated rings. The highest BCUT2D eigenvalue weighted by Gasteiger charge is 2.23. The molecule has 0 aromatic rings. The molecular weight excluding hydrogens is 526 g/mol. The van der Waals surface area contributed by atoms with Crippen LogP contribution in [0.4, 0.5) is 0 Å².